The topological polar surface area (TPSA) is 103 Å². The number of carbonyl (C=O) groups excluding carboxylic acids is 2. The van der Waals surface area contributed by atoms with Crippen molar-refractivity contribution in [3.63, 3.8) is 0 Å². The second-order valence-corrected chi connectivity index (χ2v) is 3.53. The third-order valence-electron chi connectivity index (χ3n) is 2.14. The molecule has 7 nitrogen and oxygen atoms in total. The van der Waals surface area contributed by atoms with Crippen molar-refractivity contribution in [1.29, 1.82) is 0 Å². The van der Waals surface area contributed by atoms with Gasteiger partial charge >= 0.3 is 0 Å². The number of hydrogen-bond donors (Lipinski definition) is 3. The van der Waals surface area contributed by atoms with Crippen LogP contribution < -0.4 is 16.5 Å². The smallest absolute Gasteiger partial charge is 0.245 e. The zero-order valence-electron chi connectivity index (χ0n) is 9.03. The molecule has 0 spiro atoms. The first-order valence-electron chi connectivity index (χ1n) is 5.18. The van der Waals surface area contributed by atoms with Crippen molar-refractivity contribution in [1.82, 2.24) is 10.8 Å². The van der Waals surface area contributed by atoms with E-state index in [1.54, 1.807) is 0 Å². The fraction of sp³-hybridized carbons (Fsp3) is 0.778. The van der Waals surface area contributed by atoms with Gasteiger partial charge in [-0.15, -0.1) is 0 Å². The Hall–Kier alpha value is -1.18. The van der Waals surface area contributed by atoms with Gasteiger partial charge in [0.05, 0.1) is 6.54 Å². The summed E-state index contributed by atoms with van der Waals surface area (Å²) >= 11 is 0. The molecule has 0 atom stereocenters. The van der Waals surface area contributed by atoms with E-state index in [1.165, 1.54) is 0 Å². The molecule has 1 aliphatic rings. The summed E-state index contributed by atoms with van der Waals surface area (Å²) in [6, 6.07) is 0.166. The minimum absolute atomic E-state index is 0.00460. The molecule has 0 aromatic carbocycles. The Morgan fingerprint density at radius 2 is 2.06 bits per heavy atom. The molecule has 0 bridgehead atoms. The lowest BCUT2D eigenvalue weighted by molar-refractivity contribution is -0.130. The number of ether oxygens (including phenoxy) is 1. The molecule has 1 aliphatic heterocycles. The first-order chi connectivity index (χ1) is 7.68. The molecule has 1 saturated heterocycles. The number of nitrogens with two attached hydrogens (primary N) is 1. The second-order valence-electron chi connectivity index (χ2n) is 3.53. The Balaban J connectivity index is 2.03. The molecule has 0 saturated carbocycles. The van der Waals surface area contributed by atoms with Gasteiger partial charge in [0, 0.05) is 19.3 Å². The maximum Gasteiger partial charge on any atom is 0.245 e. The molecule has 7 heteroatoms. The zero-order valence-corrected chi connectivity index (χ0v) is 9.03. The van der Waals surface area contributed by atoms with E-state index in [-0.39, 0.29) is 25.1 Å². The van der Waals surface area contributed by atoms with Gasteiger partial charge in [-0.1, -0.05) is 0 Å². The van der Waals surface area contributed by atoms with E-state index in [4.69, 9.17) is 10.5 Å². The number of hydrogen-bond acceptors (Lipinski definition) is 5. The van der Waals surface area contributed by atoms with Gasteiger partial charge in [0.1, 0.15) is 6.61 Å². The Labute approximate surface area is 93.6 Å². The highest BCUT2D eigenvalue weighted by Gasteiger charge is 2.15. The lowest BCUT2D eigenvalue weighted by Gasteiger charge is -2.23. The van der Waals surface area contributed by atoms with E-state index in [9.17, 15) is 9.59 Å². The Bertz CT molecular complexity index is 241. The predicted octanol–water partition coefficient (Wildman–Crippen LogP) is -1.71. The van der Waals surface area contributed by atoms with Crippen LogP contribution in [0.5, 0.6) is 0 Å². The second kappa shape index (κ2) is 7.15. The number of hydroxylamine groups is 1. The van der Waals surface area contributed by atoms with Gasteiger partial charge < -0.3 is 15.8 Å². The average molecular weight is 231 g/mol. The number of carbonyl (C=O) groups is 2. The van der Waals surface area contributed by atoms with Gasteiger partial charge in [-0.3, -0.25) is 14.4 Å². The van der Waals surface area contributed by atoms with Crippen molar-refractivity contribution in [2.75, 3.05) is 26.4 Å². The highest BCUT2D eigenvalue weighted by Crippen LogP contribution is 2.05. The largest absolute Gasteiger partial charge is 0.381 e. The van der Waals surface area contributed by atoms with Crippen LogP contribution in [-0.2, 0) is 19.2 Å². The molecule has 0 aromatic heterocycles. The van der Waals surface area contributed by atoms with Crippen LogP contribution in [0, 0.1) is 0 Å². The van der Waals surface area contributed by atoms with Gasteiger partial charge in [-0.05, 0) is 12.8 Å². The molecular weight excluding hydrogens is 214 g/mol. The van der Waals surface area contributed by atoms with Gasteiger partial charge in [0.15, 0.2) is 0 Å². The lowest BCUT2D eigenvalue weighted by atomic mass is 10.1. The fourth-order valence-corrected chi connectivity index (χ4v) is 1.36. The van der Waals surface area contributed by atoms with Gasteiger partial charge in [0.2, 0.25) is 11.8 Å². The summed E-state index contributed by atoms with van der Waals surface area (Å²) in [5, 5.41) is 2.83. The summed E-state index contributed by atoms with van der Waals surface area (Å²) in [5.74, 6) is -0.756. The fourth-order valence-electron chi connectivity index (χ4n) is 1.36. The maximum atomic E-state index is 11.3. The summed E-state index contributed by atoms with van der Waals surface area (Å²) in [6.07, 6.45) is 1.65. The monoisotopic (exact) mass is 231 g/mol. The van der Waals surface area contributed by atoms with Crippen LogP contribution in [-0.4, -0.2) is 44.2 Å². The van der Waals surface area contributed by atoms with Crippen LogP contribution in [0.15, 0.2) is 0 Å². The third-order valence-corrected chi connectivity index (χ3v) is 2.14. The summed E-state index contributed by atoms with van der Waals surface area (Å²) in [6.45, 7) is 1.11. The molecule has 2 amide bonds. The van der Waals surface area contributed by atoms with E-state index in [0.717, 1.165) is 12.8 Å². The molecule has 0 radical (unpaired) electrons. The molecule has 0 unspecified atom stereocenters. The molecule has 4 N–H and O–H groups in total. The van der Waals surface area contributed by atoms with Gasteiger partial charge in [-0.25, -0.2) is 0 Å². The standard InChI is InChI=1S/C9H17N3O4/c10-8(13)6-16-11-5-9(14)12-7-1-3-15-4-2-7/h7,11H,1-6H2,(H2,10,13)(H,12,14). The Kier molecular flexibility index (Phi) is 5.76. The van der Waals surface area contributed by atoms with Crippen LogP contribution in [0.1, 0.15) is 12.8 Å². The van der Waals surface area contributed by atoms with Gasteiger partial charge in [0.25, 0.3) is 0 Å². The summed E-state index contributed by atoms with van der Waals surface area (Å²) < 4.78 is 5.16. The van der Waals surface area contributed by atoms with Crippen molar-refractivity contribution in [2.24, 2.45) is 5.73 Å². The maximum absolute atomic E-state index is 11.3. The van der Waals surface area contributed by atoms with Crippen LogP contribution in [0.2, 0.25) is 0 Å². The first-order valence-corrected chi connectivity index (χ1v) is 5.18. The highest BCUT2D eigenvalue weighted by atomic mass is 16.6. The van der Waals surface area contributed by atoms with Crippen molar-refractivity contribution in [3.05, 3.63) is 0 Å². The summed E-state index contributed by atoms with van der Waals surface area (Å²) in [7, 11) is 0. The van der Waals surface area contributed by atoms with Crippen molar-refractivity contribution >= 4 is 11.8 Å². The van der Waals surface area contributed by atoms with E-state index in [0.29, 0.717) is 13.2 Å². The van der Waals surface area contributed by atoms with Gasteiger partial charge in [-0.2, -0.15) is 5.48 Å². The minimum Gasteiger partial charge on any atom is -0.381 e. The van der Waals surface area contributed by atoms with Crippen LogP contribution in [0.25, 0.3) is 0 Å². The van der Waals surface area contributed by atoms with E-state index in [1.807, 2.05) is 0 Å². The zero-order chi connectivity index (χ0) is 11.8. The van der Waals surface area contributed by atoms with Crippen molar-refractivity contribution in [3.8, 4) is 0 Å². The SMILES string of the molecule is NC(=O)CONCC(=O)NC1CCOCC1. The molecule has 16 heavy (non-hydrogen) atoms. The quantitative estimate of drug-likeness (QED) is 0.373. The minimum atomic E-state index is -0.586. The average Bonchev–Trinajstić information content (AvgIpc) is 2.25. The van der Waals surface area contributed by atoms with E-state index < -0.39 is 5.91 Å². The number of rotatable bonds is 6. The number of amides is 2. The molecule has 1 fully saturated rings. The molecule has 92 valence electrons. The summed E-state index contributed by atoms with van der Waals surface area (Å²) in [4.78, 5) is 26.3. The third kappa shape index (κ3) is 5.64. The molecule has 1 rings (SSSR count). The van der Waals surface area contributed by atoms with Crippen molar-refractivity contribution in [2.45, 2.75) is 18.9 Å². The lowest BCUT2D eigenvalue weighted by Crippen LogP contribution is -2.43. The molecule has 0 aromatic rings. The predicted molar refractivity (Wildman–Crippen MR) is 55.1 cm³/mol. The van der Waals surface area contributed by atoms with Crippen LogP contribution in [0.3, 0.4) is 0 Å². The highest BCUT2D eigenvalue weighted by molar-refractivity contribution is 5.78. The van der Waals surface area contributed by atoms with Crippen molar-refractivity contribution < 1.29 is 19.2 Å². The first kappa shape index (κ1) is 12.9. The molecule has 1 heterocycles. The molecule has 0 aliphatic carbocycles. The number of primary amides is 1. The van der Waals surface area contributed by atoms with E-state index in [2.05, 4.69) is 15.6 Å². The van der Waals surface area contributed by atoms with Crippen LogP contribution in [0.4, 0.5) is 0 Å². The van der Waals surface area contributed by atoms with Crippen LogP contribution >= 0.6 is 0 Å². The summed E-state index contributed by atoms with van der Waals surface area (Å²) in [5.41, 5.74) is 7.20. The van der Waals surface area contributed by atoms with E-state index >= 15 is 0 Å². The Morgan fingerprint density at radius 3 is 2.69 bits per heavy atom. The Morgan fingerprint density at radius 1 is 1.38 bits per heavy atom. The molecular formula is C9H17N3O4. The number of nitrogens with one attached hydrogen (secondary N) is 2. The normalized spacial score (nSPS) is 17.0.